The maximum atomic E-state index is 9.42. The van der Waals surface area contributed by atoms with Crippen molar-refractivity contribution < 1.29 is 9.84 Å². The summed E-state index contributed by atoms with van der Waals surface area (Å²) in [6.45, 7) is 9.29. The van der Waals surface area contributed by atoms with Gasteiger partial charge in [-0.2, -0.15) is 0 Å². The minimum atomic E-state index is -0.123. The molecule has 0 aromatic rings. The van der Waals surface area contributed by atoms with Crippen LogP contribution in [0.2, 0.25) is 0 Å². The van der Waals surface area contributed by atoms with Crippen molar-refractivity contribution in [2.75, 3.05) is 13.2 Å². The lowest BCUT2D eigenvalue weighted by molar-refractivity contribution is -0.00810. The van der Waals surface area contributed by atoms with Gasteiger partial charge in [-0.25, -0.2) is 0 Å². The first kappa shape index (κ1) is 13.9. The van der Waals surface area contributed by atoms with Crippen molar-refractivity contribution in [3.63, 3.8) is 0 Å². The zero-order chi connectivity index (χ0) is 12.2. The van der Waals surface area contributed by atoms with Crippen LogP contribution in [0.5, 0.6) is 0 Å². The van der Waals surface area contributed by atoms with Crippen LogP contribution in [0.1, 0.15) is 53.4 Å². The van der Waals surface area contributed by atoms with Crippen molar-refractivity contribution >= 4 is 0 Å². The molecule has 0 aromatic carbocycles. The van der Waals surface area contributed by atoms with Crippen molar-refractivity contribution in [2.24, 2.45) is 0 Å². The Hall–Kier alpha value is -0.120. The van der Waals surface area contributed by atoms with E-state index < -0.39 is 0 Å². The molecule has 0 heterocycles. The van der Waals surface area contributed by atoms with Gasteiger partial charge in [0.2, 0.25) is 0 Å². The molecule has 1 aliphatic rings. The Labute approximate surface area is 99.6 Å². The molecule has 3 nitrogen and oxygen atoms in total. The quantitative estimate of drug-likeness (QED) is 0.657. The van der Waals surface area contributed by atoms with E-state index in [-0.39, 0.29) is 17.7 Å². The Morgan fingerprint density at radius 3 is 2.31 bits per heavy atom. The molecule has 1 aliphatic carbocycles. The number of hydrogen-bond donors (Lipinski definition) is 2. The van der Waals surface area contributed by atoms with E-state index in [0.717, 1.165) is 19.4 Å². The Kier molecular flexibility index (Phi) is 4.77. The van der Waals surface area contributed by atoms with Gasteiger partial charge in [0, 0.05) is 18.2 Å². The minimum absolute atomic E-state index is 0.0560. The zero-order valence-corrected chi connectivity index (χ0v) is 11.2. The van der Waals surface area contributed by atoms with Crippen LogP contribution >= 0.6 is 0 Å². The van der Waals surface area contributed by atoms with Gasteiger partial charge in [0.05, 0.1) is 12.2 Å². The second kappa shape index (κ2) is 5.48. The van der Waals surface area contributed by atoms with Crippen LogP contribution in [0.3, 0.4) is 0 Å². The summed E-state index contributed by atoms with van der Waals surface area (Å²) in [7, 11) is 0. The lowest BCUT2D eigenvalue weighted by atomic mass is 9.97. The zero-order valence-electron chi connectivity index (χ0n) is 11.2. The Balaban J connectivity index is 2.17. The Morgan fingerprint density at radius 1 is 1.25 bits per heavy atom. The molecule has 0 radical (unpaired) electrons. The molecule has 96 valence electrons. The smallest absolute Gasteiger partial charge is 0.0610 e. The summed E-state index contributed by atoms with van der Waals surface area (Å²) in [5.41, 5.74) is -0.179. The van der Waals surface area contributed by atoms with Crippen LogP contribution in [0.4, 0.5) is 0 Å². The highest BCUT2D eigenvalue weighted by atomic mass is 16.5. The van der Waals surface area contributed by atoms with Gasteiger partial charge in [0.25, 0.3) is 0 Å². The van der Waals surface area contributed by atoms with Crippen molar-refractivity contribution in [3.8, 4) is 0 Å². The lowest BCUT2D eigenvalue weighted by Gasteiger charge is -2.29. The first-order valence-electron chi connectivity index (χ1n) is 6.37. The molecule has 0 saturated heterocycles. The van der Waals surface area contributed by atoms with Gasteiger partial charge >= 0.3 is 0 Å². The van der Waals surface area contributed by atoms with Gasteiger partial charge in [0.15, 0.2) is 0 Å². The normalized spacial score (nSPS) is 20.8. The van der Waals surface area contributed by atoms with Gasteiger partial charge in [-0.1, -0.05) is 0 Å². The summed E-state index contributed by atoms with van der Waals surface area (Å²) in [4.78, 5) is 0. The highest BCUT2D eigenvalue weighted by molar-refractivity contribution is 4.92. The molecule has 1 atom stereocenters. The average Bonchev–Trinajstić information content (AvgIpc) is 2.95. The molecule has 3 heteroatoms. The number of hydrogen-bond acceptors (Lipinski definition) is 3. The van der Waals surface area contributed by atoms with Crippen LogP contribution < -0.4 is 5.32 Å². The van der Waals surface area contributed by atoms with E-state index in [1.807, 2.05) is 0 Å². The molecule has 1 fully saturated rings. The van der Waals surface area contributed by atoms with Crippen molar-refractivity contribution in [3.05, 3.63) is 0 Å². The molecule has 0 aliphatic heterocycles. The Bertz CT molecular complexity index is 208. The predicted molar refractivity (Wildman–Crippen MR) is 66.6 cm³/mol. The molecule has 0 bridgehead atoms. The minimum Gasteiger partial charge on any atom is -0.394 e. The van der Waals surface area contributed by atoms with Crippen molar-refractivity contribution in [2.45, 2.75) is 70.6 Å². The van der Waals surface area contributed by atoms with Gasteiger partial charge < -0.3 is 15.2 Å². The lowest BCUT2D eigenvalue weighted by Crippen LogP contribution is -2.47. The second-order valence-electron chi connectivity index (χ2n) is 6.20. The van der Waals surface area contributed by atoms with E-state index in [4.69, 9.17) is 4.74 Å². The van der Waals surface area contributed by atoms with Gasteiger partial charge in [0.1, 0.15) is 0 Å². The van der Waals surface area contributed by atoms with Gasteiger partial charge in [-0.05, 0) is 53.4 Å². The largest absolute Gasteiger partial charge is 0.394 e. The molecule has 1 unspecified atom stereocenters. The summed E-state index contributed by atoms with van der Waals surface area (Å²) in [6.07, 6.45) is 4.48. The molecule has 2 N–H and O–H groups in total. The van der Waals surface area contributed by atoms with E-state index in [9.17, 15) is 5.11 Å². The maximum absolute atomic E-state index is 9.42. The summed E-state index contributed by atoms with van der Waals surface area (Å²) >= 11 is 0. The number of ether oxygens (including phenoxy) is 1. The summed E-state index contributed by atoms with van der Waals surface area (Å²) in [6, 6.07) is 0.640. The molecular weight excluding hydrogens is 202 g/mol. The van der Waals surface area contributed by atoms with Gasteiger partial charge in [-0.3, -0.25) is 0 Å². The SMILES string of the molecule is CC(CO)(CCCOC(C)(C)C)NC1CC1. The van der Waals surface area contributed by atoms with E-state index in [0.29, 0.717) is 6.04 Å². The van der Waals surface area contributed by atoms with E-state index in [1.54, 1.807) is 0 Å². The fourth-order valence-corrected chi connectivity index (χ4v) is 1.76. The monoisotopic (exact) mass is 229 g/mol. The maximum Gasteiger partial charge on any atom is 0.0610 e. The summed E-state index contributed by atoms with van der Waals surface area (Å²) in [5.74, 6) is 0. The third-order valence-corrected chi connectivity index (χ3v) is 2.89. The number of nitrogens with one attached hydrogen (secondary N) is 1. The number of aliphatic hydroxyl groups excluding tert-OH is 1. The molecule has 0 amide bonds. The molecule has 1 saturated carbocycles. The fourth-order valence-electron chi connectivity index (χ4n) is 1.76. The van der Waals surface area contributed by atoms with E-state index >= 15 is 0 Å². The van der Waals surface area contributed by atoms with E-state index in [1.165, 1.54) is 12.8 Å². The second-order valence-corrected chi connectivity index (χ2v) is 6.20. The summed E-state index contributed by atoms with van der Waals surface area (Å²) < 4.78 is 5.68. The third-order valence-electron chi connectivity index (χ3n) is 2.89. The van der Waals surface area contributed by atoms with Crippen molar-refractivity contribution in [1.29, 1.82) is 0 Å². The first-order chi connectivity index (χ1) is 7.35. The number of aliphatic hydroxyl groups is 1. The van der Waals surface area contributed by atoms with E-state index in [2.05, 4.69) is 33.0 Å². The van der Waals surface area contributed by atoms with Crippen LogP contribution in [0, 0.1) is 0 Å². The molecule has 0 spiro atoms. The highest BCUT2D eigenvalue weighted by Gasteiger charge is 2.31. The topological polar surface area (TPSA) is 41.5 Å². The Morgan fingerprint density at radius 2 is 1.88 bits per heavy atom. The predicted octanol–water partition coefficient (Wildman–Crippen LogP) is 2.08. The number of rotatable bonds is 7. The average molecular weight is 229 g/mol. The van der Waals surface area contributed by atoms with Crippen molar-refractivity contribution in [1.82, 2.24) is 5.32 Å². The molecular formula is C13H27NO2. The van der Waals surface area contributed by atoms with Crippen LogP contribution in [0.25, 0.3) is 0 Å². The third kappa shape index (κ3) is 5.83. The van der Waals surface area contributed by atoms with Gasteiger partial charge in [-0.15, -0.1) is 0 Å². The molecule has 0 aromatic heterocycles. The molecule has 16 heavy (non-hydrogen) atoms. The fraction of sp³-hybridized carbons (Fsp3) is 1.00. The van der Waals surface area contributed by atoms with Crippen LogP contribution in [-0.4, -0.2) is 35.5 Å². The van der Waals surface area contributed by atoms with Crippen LogP contribution in [0.15, 0.2) is 0 Å². The molecule has 1 rings (SSSR count). The summed E-state index contributed by atoms with van der Waals surface area (Å²) in [5, 5.41) is 12.9. The van der Waals surface area contributed by atoms with Crippen LogP contribution in [-0.2, 0) is 4.74 Å². The standard InChI is InChI=1S/C13H27NO2/c1-12(2,3)16-9-5-8-13(4,10-15)14-11-6-7-11/h11,14-15H,5-10H2,1-4H3. The highest BCUT2D eigenvalue weighted by Crippen LogP contribution is 2.24. The first-order valence-corrected chi connectivity index (χ1v) is 6.37.